The number of rotatable bonds is 5. The molecule has 0 saturated carbocycles. The second-order valence-electron chi connectivity index (χ2n) is 9.55. The number of ether oxygens (including phenoxy) is 2. The lowest BCUT2D eigenvalue weighted by Crippen LogP contribution is -2.25. The zero-order chi connectivity index (χ0) is 25.2. The van der Waals surface area contributed by atoms with Crippen LogP contribution < -0.4 is 4.74 Å². The second kappa shape index (κ2) is 8.07. The van der Waals surface area contributed by atoms with Gasteiger partial charge in [0, 0.05) is 27.2 Å². The Hall–Kier alpha value is -3.37. The molecule has 2 N–H and O–H groups in total. The number of fused-ring (bicyclic) bond motifs is 6. The van der Waals surface area contributed by atoms with Crippen LogP contribution in [0.3, 0.4) is 0 Å². The molecule has 2 atom stereocenters. The fourth-order valence-electron chi connectivity index (χ4n) is 5.86. The number of nitrogens with zero attached hydrogens (tertiary/aromatic N) is 2. The lowest BCUT2D eigenvalue weighted by atomic mass is 9.78. The first-order valence-electron chi connectivity index (χ1n) is 11.7. The average Bonchev–Trinajstić information content (AvgIpc) is 3.42. The maximum atomic E-state index is 11.5. The number of aromatic nitrogens is 1. The molecule has 0 amide bonds. The van der Waals surface area contributed by atoms with E-state index < -0.39 is 11.2 Å². The van der Waals surface area contributed by atoms with Gasteiger partial charge in [-0.25, -0.2) is 0 Å². The molecule has 1 fully saturated rings. The second-order valence-corrected chi connectivity index (χ2v) is 10.4. The molecule has 0 radical (unpaired) electrons. The Morgan fingerprint density at radius 1 is 1.00 bits per heavy atom. The van der Waals surface area contributed by atoms with Gasteiger partial charge in [0.2, 0.25) is 11.8 Å². The van der Waals surface area contributed by atoms with Gasteiger partial charge in [-0.15, -0.1) is 0 Å². The molecular weight excluding hydrogens is 499 g/mol. The summed E-state index contributed by atoms with van der Waals surface area (Å²) in [5.41, 5.74) is 0.779. The predicted molar refractivity (Wildman–Crippen MR) is 137 cm³/mol. The highest BCUT2D eigenvalue weighted by Gasteiger charge is 2.61. The SMILES string of the molecule is C[C@@]12CC[C@@](CCOc3cc(Cl)cc(Cl)c3)(O1)c1c2c(O)n(-c2ccc(C#N)c3ccccc23)c1O. The lowest BCUT2D eigenvalue weighted by molar-refractivity contribution is -0.0876. The van der Waals surface area contributed by atoms with Crippen LogP contribution in [-0.4, -0.2) is 21.4 Å². The fraction of sp³-hybridized carbons (Fsp3) is 0.250. The summed E-state index contributed by atoms with van der Waals surface area (Å²) < 4.78 is 13.9. The molecule has 4 aromatic rings. The van der Waals surface area contributed by atoms with Crippen LogP contribution in [0.1, 0.15) is 42.9 Å². The maximum absolute atomic E-state index is 11.5. The smallest absolute Gasteiger partial charge is 0.205 e. The Labute approximate surface area is 217 Å². The van der Waals surface area contributed by atoms with Crippen molar-refractivity contribution in [2.75, 3.05) is 6.61 Å². The lowest BCUT2D eigenvalue weighted by Gasteiger charge is -2.26. The highest BCUT2D eigenvalue weighted by molar-refractivity contribution is 6.34. The number of nitriles is 1. The summed E-state index contributed by atoms with van der Waals surface area (Å²) in [6.45, 7) is 2.25. The minimum atomic E-state index is -0.804. The third-order valence-corrected chi connectivity index (χ3v) is 7.84. The minimum absolute atomic E-state index is 0.0519. The molecule has 2 aliphatic heterocycles. The Kier molecular flexibility index (Phi) is 5.17. The van der Waals surface area contributed by atoms with Crippen LogP contribution in [-0.2, 0) is 15.9 Å². The molecule has 1 saturated heterocycles. The van der Waals surface area contributed by atoms with Crippen LogP contribution in [0, 0.1) is 11.3 Å². The van der Waals surface area contributed by atoms with Crippen molar-refractivity contribution in [3.8, 4) is 29.3 Å². The summed E-state index contributed by atoms with van der Waals surface area (Å²) in [5.74, 6) is 0.437. The molecule has 0 spiro atoms. The van der Waals surface area contributed by atoms with E-state index >= 15 is 0 Å². The summed E-state index contributed by atoms with van der Waals surface area (Å²) in [5, 5.41) is 35.0. The molecule has 8 heteroatoms. The molecule has 182 valence electrons. The van der Waals surface area contributed by atoms with Crippen molar-refractivity contribution in [2.45, 2.75) is 37.4 Å². The molecule has 3 heterocycles. The number of aromatic hydroxyl groups is 2. The van der Waals surface area contributed by atoms with Crippen molar-refractivity contribution in [1.29, 1.82) is 5.26 Å². The van der Waals surface area contributed by atoms with Crippen LogP contribution in [0.4, 0.5) is 0 Å². The summed E-state index contributed by atoms with van der Waals surface area (Å²) in [6, 6.07) is 18.2. The summed E-state index contributed by atoms with van der Waals surface area (Å²) in [7, 11) is 0. The first kappa shape index (κ1) is 23.1. The third-order valence-electron chi connectivity index (χ3n) is 7.40. The fourth-order valence-corrected chi connectivity index (χ4v) is 6.36. The molecule has 6 nitrogen and oxygen atoms in total. The predicted octanol–water partition coefficient (Wildman–Crippen LogP) is 6.92. The first-order chi connectivity index (χ1) is 17.3. The first-order valence-corrected chi connectivity index (χ1v) is 12.4. The quantitative estimate of drug-likeness (QED) is 0.298. The van der Waals surface area contributed by atoms with Crippen molar-refractivity contribution in [1.82, 2.24) is 4.57 Å². The number of hydrogen-bond acceptors (Lipinski definition) is 5. The molecule has 6 rings (SSSR count). The Morgan fingerprint density at radius 2 is 1.69 bits per heavy atom. The zero-order valence-electron chi connectivity index (χ0n) is 19.4. The van der Waals surface area contributed by atoms with E-state index in [1.54, 1.807) is 30.3 Å². The van der Waals surface area contributed by atoms with E-state index in [1.165, 1.54) is 4.57 Å². The van der Waals surface area contributed by atoms with Gasteiger partial charge < -0.3 is 19.7 Å². The molecule has 3 aromatic carbocycles. The van der Waals surface area contributed by atoms with E-state index in [0.29, 0.717) is 64.0 Å². The number of benzene rings is 3. The third kappa shape index (κ3) is 3.27. The zero-order valence-corrected chi connectivity index (χ0v) is 20.9. The van der Waals surface area contributed by atoms with Crippen LogP contribution in [0.5, 0.6) is 17.5 Å². The normalized spacial score (nSPS) is 22.1. The van der Waals surface area contributed by atoms with Crippen molar-refractivity contribution in [2.24, 2.45) is 0 Å². The standard InChI is InChI=1S/C28H22Cl2N2O4/c1-27-8-9-28(36-27,10-11-35-19-13-17(29)12-18(30)14-19)24-23(27)25(33)32(26(24)34)22-7-6-16(15-31)20-4-2-3-5-21(20)22/h2-7,12-14,33-34H,8-11H2,1H3/t27-,28-/m0/s1. The number of halogens is 2. The topological polar surface area (TPSA) is 87.6 Å². The average molecular weight is 521 g/mol. The highest BCUT2D eigenvalue weighted by atomic mass is 35.5. The Balaban J connectivity index is 1.42. The summed E-state index contributed by atoms with van der Waals surface area (Å²) in [4.78, 5) is 0. The Morgan fingerprint density at radius 3 is 2.42 bits per heavy atom. The minimum Gasteiger partial charge on any atom is -0.494 e. The van der Waals surface area contributed by atoms with Gasteiger partial charge in [0.25, 0.3) is 0 Å². The van der Waals surface area contributed by atoms with Crippen LogP contribution >= 0.6 is 23.2 Å². The van der Waals surface area contributed by atoms with Gasteiger partial charge in [0.05, 0.1) is 40.7 Å². The largest absolute Gasteiger partial charge is 0.494 e. The van der Waals surface area contributed by atoms with E-state index in [2.05, 4.69) is 6.07 Å². The van der Waals surface area contributed by atoms with E-state index in [1.807, 2.05) is 31.2 Å². The van der Waals surface area contributed by atoms with E-state index in [0.717, 1.165) is 10.8 Å². The van der Waals surface area contributed by atoms with Gasteiger partial charge in [0.15, 0.2) is 0 Å². The van der Waals surface area contributed by atoms with Crippen LogP contribution in [0.15, 0.2) is 54.6 Å². The van der Waals surface area contributed by atoms with Gasteiger partial charge in [-0.1, -0.05) is 47.5 Å². The van der Waals surface area contributed by atoms with Crippen LogP contribution in [0.2, 0.25) is 10.0 Å². The van der Waals surface area contributed by atoms with Gasteiger partial charge in [-0.2, -0.15) is 5.26 Å². The van der Waals surface area contributed by atoms with Gasteiger partial charge >= 0.3 is 0 Å². The van der Waals surface area contributed by atoms with Gasteiger partial charge in [-0.05, 0) is 50.1 Å². The van der Waals surface area contributed by atoms with Crippen LogP contribution in [0.25, 0.3) is 16.5 Å². The molecule has 2 bridgehead atoms. The van der Waals surface area contributed by atoms with E-state index in [-0.39, 0.29) is 11.8 Å². The maximum Gasteiger partial charge on any atom is 0.205 e. The molecule has 2 aliphatic rings. The van der Waals surface area contributed by atoms with E-state index in [9.17, 15) is 15.5 Å². The molecule has 36 heavy (non-hydrogen) atoms. The van der Waals surface area contributed by atoms with Crippen molar-refractivity contribution in [3.05, 3.63) is 81.3 Å². The Bertz CT molecular complexity index is 1570. The summed E-state index contributed by atoms with van der Waals surface area (Å²) in [6.07, 6.45) is 1.85. The number of hydrogen-bond donors (Lipinski definition) is 2. The molecular formula is C28H22Cl2N2O4. The van der Waals surface area contributed by atoms with Crippen molar-refractivity contribution >= 4 is 34.0 Å². The molecule has 0 unspecified atom stereocenters. The van der Waals surface area contributed by atoms with Gasteiger partial charge in [-0.3, -0.25) is 4.57 Å². The van der Waals surface area contributed by atoms with E-state index in [4.69, 9.17) is 32.7 Å². The molecule has 0 aliphatic carbocycles. The molecule has 1 aromatic heterocycles. The van der Waals surface area contributed by atoms with Gasteiger partial charge in [0.1, 0.15) is 11.4 Å². The van der Waals surface area contributed by atoms with Crippen molar-refractivity contribution in [3.63, 3.8) is 0 Å². The monoisotopic (exact) mass is 520 g/mol. The van der Waals surface area contributed by atoms with Crippen molar-refractivity contribution < 1.29 is 19.7 Å². The highest BCUT2D eigenvalue weighted by Crippen LogP contribution is 2.65. The summed E-state index contributed by atoms with van der Waals surface area (Å²) >= 11 is 12.2.